The van der Waals surface area contributed by atoms with Gasteiger partial charge in [0.05, 0.1) is 17.6 Å². The minimum absolute atomic E-state index is 0.0951. The standard InChI is InChI=1S/C13H14N2O4/c1-5-13(2,3)14-12(16)9-6-7-11(19-4)10(8-9)15(17)18/h1,6-8H,2-4H3,(H,14,16). The average Bonchev–Trinajstić information content (AvgIpc) is 2.37. The van der Waals surface area contributed by atoms with Crippen molar-refractivity contribution in [1.82, 2.24) is 5.32 Å². The number of amides is 1. The largest absolute Gasteiger partial charge is 0.490 e. The molecule has 19 heavy (non-hydrogen) atoms. The van der Waals surface area contributed by atoms with Crippen LogP contribution in [0.15, 0.2) is 18.2 Å². The average molecular weight is 262 g/mol. The first-order valence-electron chi connectivity index (χ1n) is 5.43. The molecule has 6 nitrogen and oxygen atoms in total. The number of ether oxygens (including phenoxy) is 1. The van der Waals surface area contributed by atoms with Crippen molar-refractivity contribution in [3.63, 3.8) is 0 Å². The maximum atomic E-state index is 11.9. The van der Waals surface area contributed by atoms with Crippen molar-refractivity contribution in [3.8, 4) is 18.1 Å². The molecule has 1 N–H and O–H groups in total. The Kier molecular flexibility index (Phi) is 4.12. The molecule has 0 aromatic heterocycles. The quantitative estimate of drug-likeness (QED) is 0.509. The van der Waals surface area contributed by atoms with E-state index in [0.717, 1.165) is 6.07 Å². The third-order valence-corrected chi connectivity index (χ3v) is 2.42. The Bertz CT molecular complexity index is 558. The minimum Gasteiger partial charge on any atom is -0.490 e. The van der Waals surface area contributed by atoms with Crippen LogP contribution in [-0.4, -0.2) is 23.5 Å². The van der Waals surface area contributed by atoms with Gasteiger partial charge in [-0.15, -0.1) is 6.42 Å². The van der Waals surface area contributed by atoms with Gasteiger partial charge in [0.15, 0.2) is 5.75 Å². The van der Waals surface area contributed by atoms with Gasteiger partial charge in [-0.3, -0.25) is 14.9 Å². The predicted octanol–water partition coefficient (Wildman–Crippen LogP) is 1.74. The third kappa shape index (κ3) is 3.45. The van der Waals surface area contributed by atoms with Gasteiger partial charge in [0.25, 0.3) is 5.91 Å². The van der Waals surface area contributed by atoms with Crippen LogP contribution in [-0.2, 0) is 0 Å². The summed E-state index contributed by atoms with van der Waals surface area (Å²) in [5.41, 5.74) is -0.948. The second kappa shape index (κ2) is 5.40. The lowest BCUT2D eigenvalue weighted by atomic mass is 10.1. The molecule has 0 aliphatic rings. The SMILES string of the molecule is C#CC(C)(C)NC(=O)c1ccc(OC)c([N+](=O)[O-])c1. The Hall–Kier alpha value is -2.55. The van der Waals surface area contributed by atoms with Crippen LogP contribution in [0.1, 0.15) is 24.2 Å². The molecule has 1 rings (SSSR count). The number of carbonyl (C=O) groups is 1. The molecule has 1 aromatic carbocycles. The fourth-order valence-corrected chi connectivity index (χ4v) is 1.37. The minimum atomic E-state index is -0.828. The van der Waals surface area contributed by atoms with Gasteiger partial charge >= 0.3 is 5.69 Å². The van der Waals surface area contributed by atoms with Crippen LogP contribution in [0, 0.1) is 22.5 Å². The van der Waals surface area contributed by atoms with Gasteiger partial charge < -0.3 is 10.1 Å². The number of hydrogen-bond acceptors (Lipinski definition) is 4. The van der Waals surface area contributed by atoms with Gasteiger partial charge in [-0.1, -0.05) is 5.92 Å². The van der Waals surface area contributed by atoms with Crippen molar-refractivity contribution < 1.29 is 14.5 Å². The van der Waals surface area contributed by atoms with E-state index in [0.29, 0.717) is 0 Å². The topological polar surface area (TPSA) is 81.5 Å². The van der Waals surface area contributed by atoms with Gasteiger partial charge in [0, 0.05) is 11.6 Å². The van der Waals surface area contributed by atoms with Crippen LogP contribution >= 0.6 is 0 Å². The van der Waals surface area contributed by atoms with Crippen LogP contribution in [0.3, 0.4) is 0 Å². The van der Waals surface area contributed by atoms with Crippen molar-refractivity contribution in [2.45, 2.75) is 19.4 Å². The maximum Gasteiger partial charge on any atom is 0.311 e. The molecule has 0 bridgehead atoms. The van der Waals surface area contributed by atoms with Gasteiger partial charge in [0.1, 0.15) is 0 Å². The van der Waals surface area contributed by atoms with Crippen molar-refractivity contribution >= 4 is 11.6 Å². The van der Waals surface area contributed by atoms with Gasteiger partial charge in [-0.25, -0.2) is 0 Å². The Morgan fingerprint density at radius 3 is 2.63 bits per heavy atom. The molecule has 0 fully saturated rings. The number of nitro benzene ring substituents is 1. The fraction of sp³-hybridized carbons (Fsp3) is 0.308. The highest BCUT2D eigenvalue weighted by Gasteiger charge is 2.22. The summed E-state index contributed by atoms with van der Waals surface area (Å²) in [4.78, 5) is 22.2. The highest BCUT2D eigenvalue weighted by molar-refractivity contribution is 5.95. The third-order valence-electron chi connectivity index (χ3n) is 2.42. The fourth-order valence-electron chi connectivity index (χ4n) is 1.37. The van der Waals surface area contributed by atoms with E-state index in [2.05, 4.69) is 11.2 Å². The molecule has 6 heteroatoms. The van der Waals surface area contributed by atoms with E-state index in [1.807, 2.05) is 0 Å². The lowest BCUT2D eigenvalue weighted by molar-refractivity contribution is -0.385. The van der Waals surface area contributed by atoms with Gasteiger partial charge in [0.2, 0.25) is 0 Å². The number of hydrogen-bond donors (Lipinski definition) is 1. The first kappa shape index (κ1) is 14.5. The number of methoxy groups -OCH3 is 1. The van der Waals surface area contributed by atoms with E-state index in [-0.39, 0.29) is 17.0 Å². The normalized spacial score (nSPS) is 10.4. The molecule has 0 unspecified atom stereocenters. The summed E-state index contributed by atoms with van der Waals surface area (Å²) < 4.78 is 4.86. The number of terminal acetylenes is 1. The van der Waals surface area contributed by atoms with Gasteiger partial charge in [-0.2, -0.15) is 0 Å². The lowest BCUT2D eigenvalue weighted by Gasteiger charge is -2.19. The molecule has 0 heterocycles. The van der Waals surface area contributed by atoms with Crippen LogP contribution in [0.2, 0.25) is 0 Å². The highest BCUT2D eigenvalue weighted by Crippen LogP contribution is 2.27. The monoisotopic (exact) mass is 262 g/mol. The summed E-state index contributed by atoms with van der Waals surface area (Å²) in [6, 6.07) is 3.96. The van der Waals surface area contributed by atoms with Crippen LogP contribution < -0.4 is 10.1 Å². The maximum absolute atomic E-state index is 11.9. The second-order valence-electron chi connectivity index (χ2n) is 4.37. The Balaban J connectivity index is 3.10. The molecule has 0 spiro atoms. The summed E-state index contributed by atoms with van der Waals surface area (Å²) in [6.07, 6.45) is 5.26. The summed E-state index contributed by atoms with van der Waals surface area (Å²) in [6.45, 7) is 3.31. The molecule has 1 aromatic rings. The van der Waals surface area contributed by atoms with E-state index in [4.69, 9.17) is 11.2 Å². The van der Waals surface area contributed by atoms with Crippen LogP contribution in [0.5, 0.6) is 5.75 Å². The van der Waals surface area contributed by atoms with Crippen LogP contribution in [0.25, 0.3) is 0 Å². The number of nitro groups is 1. The number of benzene rings is 1. The number of rotatable bonds is 4. The van der Waals surface area contributed by atoms with Crippen molar-refractivity contribution in [1.29, 1.82) is 0 Å². The zero-order chi connectivity index (χ0) is 14.6. The van der Waals surface area contributed by atoms with Crippen molar-refractivity contribution in [2.24, 2.45) is 0 Å². The van der Waals surface area contributed by atoms with Crippen LogP contribution in [0.4, 0.5) is 5.69 Å². The Labute approximate surface area is 110 Å². The number of carbonyl (C=O) groups excluding carboxylic acids is 1. The molecule has 0 saturated carbocycles. The molecule has 0 atom stereocenters. The van der Waals surface area contributed by atoms with E-state index in [1.54, 1.807) is 13.8 Å². The lowest BCUT2D eigenvalue weighted by Crippen LogP contribution is -2.42. The summed E-state index contributed by atoms with van der Waals surface area (Å²) in [7, 11) is 1.32. The zero-order valence-corrected chi connectivity index (χ0v) is 10.9. The van der Waals surface area contributed by atoms with Crippen molar-refractivity contribution in [3.05, 3.63) is 33.9 Å². The molecule has 0 aliphatic heterocycles. The molecule has 0 aliphatic carbocycles. The van der Waals surface area contributed by atoms with Crippen molar-refractivity contribution in [2.75, 3.05) is 7.11 Å². The first-order valence-corrected chi connectivity index (χ1v) is 5.43. The smallest absolute Gasteiger partial charge is 0.311 e. The highest BCUT2D eigenvalue weighted by atomic mass is 16.6. The van der Waals surface area contributed by atoms with E-state index in [9.17, 15) is 14.9 Å². The molecule has 100 valence electrons. The Morgan fingerprint density at radius 1 is 1.53 bits per heavy atom. The van der Waals surface area contributed by atoms with E-state index >= 15 is 0 Å². The summed E-state index contributed by atoms with van der Waals surface area (Å²) in [5, 5.41) is 13.4. The Morgan fingerprint density at radius 2 is 2.16 bits per heavy atom. The molecule has 0 radical (unpaired) electrons. The number of nitrogens with one attached hydrogen (secondary N) is 1. The second-order valence-corrected chi connectivity index (χ2v) is 4.37. The van der Waals surface area contributed by atoms with E-state index in [1.165, 1.54) is 19.2 Å². The summed E-state index contributed by atoms with van der Waals surface area (Å²) in [5.74, 6) is 2.03. The van der Waals surface area contributed by atoms with Gasteiger partial charge in [-0.05, 0) is 26.0 Å². The molecular weight excluding hydrogens is 248 g/mol. The predicted molar refractivity (Wildman–Crippen MR) is 70.0 cm³/mol. The molecular formula is C13H14N2O4. The first-order chi connectivity index (χ1) is 8.80. The van der Waals surface area contributed by atoms with E-state index < -0.39 is 16.4 Å². The zero-order valence-electron chi connectivity index (χ0n) is 10.9. The number of nitrogens with zero attached hydrogens (tertiary/aromatic N) is 1. The molecule has 1 amide bonds. The molecule has 0 saturated heterocycles. The summed E-state index contributed by atoms with van der Waals surface area (Å²) >= 11 is 0.